The highest BCUT2D eigenvalue weighted by atomic mass is 16.5. The highest BCUT2D eigenvalue weighted by Gasteiger charge is 2.51. The molecule has 5 heteroatoms. The molecule has 0 radical (unpaired) electrons. The molecule has 0 aromatic carbocycles. The van der Waals surface area contributed by atoms with Gasteiger partial charge in [0.05, 0.1) is 24.2 Å². The van der Waals surface area contributed by atoms with Gasteiger partial charge in [-0.05, 0) is 26.8 Å². The predicted molar refractivity (Wildman–Crippen MR) is 68.4 cm³/mol. The van der Waals surface area contributed by atoms with Gasteiger partial charge in [-0.3, -0.25) is 4.79 Å². The number of rotatable bonds is 6. The van der Waals surface area contributed by atoms with Crippen LogP contribution in [0.2, 0.25) is 0 Å². The minimum atomic E-state index is -0.257. The Hall–Kier alpha value is -0.650. The van der Waals surface area contributed by atoms with Crippen LogP contribution in [0.5, 0.6) is 0 Å². The van der Waals surface area contributed by atoms with E-state index in [1.807, 2.05) is 6.92 Å². The molecule has 18 heavy (non-hydrogen) atoms. The first kappa shape index (κ1) is 13.8. The van der Waals surface area contributed by atoms with Crippen molar-refractivity contribution in [3.63, 3.8) is 0 Å². The van der Waals surface area contributed by atoms with E-state index in [2.05, 4.69) is 17.3 Å². The molecule has 104 valence electrons. The van der Waals surface area contributed by atoms with Gasteiger partial charge in [0, 0.05) is 26.8 Å². The normalized spacial score (nSPS) is 30.4. The number of hydrogen-bond donors (Lipinski definition) is 1. The highest BCUT2D eigenvalue weighted by Crippen LogP contribution is 2.46. The summed E-state index contributed by atoms with van der Waals surface area (Å²) in [7, 11) is 3.71. The summed E-state index contributed by atoms with van der Waals surface area (Å²) in [6, 6.07) is 0.108. The van der Waals surface area contributed by atoms with Crippen molar-refractivity contribution in [3.05, 3.63) is 0 Å². The number of ether oxygens (including phenoxy) is 2. The number of likely N-dealkylation sites (tertiary alicyclic amines) is 1. The molecule has 1 aliphatic carbocycles. The maximum Gasteiger partial charge on any atom is 0.228 e. The second-order valence-corrected chi connectivity index (χ2v) is 5.51. The van der Waals surface area contributed by atoms with Gasteiger partial charge in [-0.1, -0.05) is 0 Å². The molecule has 0 bridgehead atoms. The van der Waals surface area contributed by atoms with Gasteiger partial charge in [-0.15, -0.1) is 0 Å². The van der Waals surface area contributed by atoms with E-state index in [4.69, 9.17) is 9.47 Å². The summed E-state index contributed by atoms with van der Waals surface area (Å²) in [5, 5.41) is 3.15. The third-order valence-corrected chi connectivity index (χ3v) is 3.90. The minimum absolute atomic E-state index is 0.108. The Kier molecular flexibility index (Phi) is 4.25. The van der Waals surface area contributed by atoms with E-state index in [1.54, 1.807) is 7.11 Å². The average molecular weight is 256 g/mol. The molecule has 1 aliphatic heterocycles. The standard InChI is InChI=1S/C13H24N2O3/c1-4-18-11-8-15(2)7-10(11)14-12(16)13(5-6-13)9-17-3/h10-11H,4-9H2,1-3H3,(H,14,16)/t10-,11-/m0/s1. The number of likely N-dealkylation sites (N-methyl/N-ethyl adjacent to an activating group) is 1. The van der Waals surface area contributed by atoms with Crippen molar-refractivity contribution in [2.75, 3.05) is 40.5 Å². The number of methoxy groups -OCH3 is 1. The van der Waals surface area contributed by atoms with Crippen LogP contribution >= 0.6 is 0 Å². The summed E-state index contributed by atoms with van der Waals surface area (Å²) in [5.41, 5.74) is -0.257. The summed E-state index contributed by atoms with van der Waals surface area (Å²) in [6.07, 6.45) is 1.99. The second kappa shape index (κ2) is 5.55. The Morgan fingerprint density at radius 3 is 2.72 bits per heavy atom. The van der Waals surface area contributed by atoms with Gasteiger partial charge in [0.2, 0.25) is 5.91 Å². The third-order valence-electron chi connectivity index (χ3n) is 3.90. The Labute approximate surface area is 109 Å². The summed E-state index contributed by atoms with van der Waals surface area (Å²) >= 11 is 0. The van der Waals surface area contributed by atoms with Crippen molar-refractivity contribution in [1.82, 2.24) is 10.2 Å². The SMILES string of the molecule is CCO[C@H]1CN(C)C[C@@H]1NC(=O)C1(COC)CC1. The predicted octanol–water partition coefficient (Wildman–Crippen LogP) is 0.248. The molecular formula is C13H24N2O3. The molecular weight excluding hydrogens is 232 g/mol. The summed E-state index contributed by atoms with van der Waals surface area (Å²) in [4.78, 5) is 14.5. The van der Waals surface area contributed by atoms with E-state index in [-0.39, 0.29) is 23.5 Å². The molecule has 2 atom stereocenters. The molecule has 0 unspecified atom stereocenters. The maximum atomic E-state index is 12.3. The van der Waals surface area contributed by atoms with Gasteiger partial charge in [0.1, 0.15) is 0 Å². The third kappa shape index (κ3) is 2.84. The molecule has 1 saturated heterocycles. The summed E-state index contributed by atoms with van der Waals surface area (Å²) < 4.78 is 10.8. The molecule has 2 rings (SSSR count). The lowest BCUT2D eigenvalue weighted by atomic mass is 10.1. The Morgan fingerprint density at radius 2 is 2.17 bits per heavy atom. The first-order valence-corrected chi connectivity index (χ1v) is 6.71. The zero-order chi connectivity index (χ0) is 13.2. The van der Waals surface area contributed by atoms with E-state index in [1.165, 1.54) is 0 Å². The van der Waals surface area contributed by atoms with Crippen LogP contribution in [0.15, 0.2) is 0 Å². The van der Waals surface area contributed by atoms with Gasteiger partial charge in [-0.2, -0.15) is 0 Å². The number of nitrogens with one attached hydrogen (secondary N) is 1. The molecule has 1 amide bonds. The van der Waals surface area contributed by atoms with Gasteiger partial charge in [-0.25, -0.2) is 0 Å². The van der Waals surface area contributed by atoms with Crippen LogP contribution in [0.3, 0.4) is 0 Å². The van der Waals surface area contributed by atoms with Gasteiger partial charge in [0.15, 0.2) is 0 Å². The maximum absolute atomic E-state index is 12.3. The van der Waals surface area contributed by atoms with Crippen LogP contribution in [0, 0.1) is 5.41 Å². The molecule has 1 N–H and O–H groups in total. The van der Waals surface area contributed by atoms with Crippen LogP contribution in [-0.2, 0) is 14.3 Å². The van der Waals surface area contributed by atoms with Gasteiger partial charge >= 0.3 is 0 Å². The lowest BCUT2D eigenvalue weighted by Crippen LogP contribution is -2.47. The number of hydrogen-bond acceptors (Lipinski definition) is 4. The Balaban J connectivity index is 1.90. The molecule has 0 spiro atoms. The van der Waals surface area contributed by atoms with Crippen LogP contribution in [0.4, 0.5) is 0 Å². The fraction of sp³-hybridized carbons (Fsp3) is 0.923. The van der Waals surface area contributed by atoms with E-state index < -0.39 is 0 Å². The average Bonchev–Trinajstić information content (AvgIpc) is 3.02. The molecule has 1 heterocycles. The number of amides is 1. The topological polar surface area (TPSA) is 50.8 Å². The zero-order valence-corrected chi connectivity index (χ0v) is 11.6. The lowest BCUT2D eigenvalue weighted by molar-refractivity contribution is -0.129. The summed E-state index contributed by atoms with van der Waals surface area (Å²) in [5.74, 6) is 0.134. The fourth-order valence-electron chi connectivity index (χ4n) is 2.67. The van der Waals surface area contributed by atoms with Crippen LogP contribution in [-0.4, -0.2) is 63.4 Å². The van der Waals surface area contributed by atoms with E-state index >= 15 is 0 Å². The van der Waals surface area contributed by atoms with Crippen LogP contribution in [0.25, 0.3) is 0 Å². The smallest absolute Gasteiger partial charge is 0.228 e. The van der Waals surface area contributed by atoms with Crippen molar-refractivity contribution < 1.29 is 14.3 Å². The number of carbonyl (C=O) groups is 1. The fourth-order valence-corrected chi connectivity index (χ4v) is 2.67. The molecule has 0 aromatic heterocycles. The first-order valence-electron chi connectivity index (χ1n) is 6.71. The quantitative estimate of drug-likeness (QED) is 0.740. The Bertz CT molecular complexity index is 305. The van der Waals surface area contributed by atoms with Crippen molar-refractivity contribution in [1.29, 1.82) is 0 Å². The minimum Gasteiger partial charge on any atom is -0.384 e. The molecule has 2 fully saturated rings. The molecule has 5 nitrogen and oxygen atoms in total. The van der Waals surface area contributed by atoms with Crippen molar-refractivity contribution >= 4 is 5.91 Å². The zero-order valence-electron chi connectivity index (χ0n) is 11.6. The van der Waals surface area contributed by atoms with Crippen molar-refractivity contribution in [3.8, 4) is 0 Å². The van der Waals surface area contributed by atoms with Crippen LogP contribution in [0.1, 0.15) is 19.8 Å². The molecule has 1 saturated carbocycles. The largest absolute Gasteiger partial charge is 0.384 e. The van der Waals surface area contributed by atoms with E-state index in [0.29, 0.717) is 13.2 Å². The monoisotopic (exact) mass is 256 g/mol. The van der Waals surface area contributed by atoms with Gasteiger partial charge < -0.3 is 19.7 Å². The van der Waals surface area contributed by atoms with Crippen molar-refractivity contribution in [2.24, 2.45) is 5.41 Å². The lowest BCUT2D eigenvalue weighted by Gasteiger charge is -2.22. The molecule has 0 aromatic rings. The van der Waals surface area contributed by atoms with E-state index in [0.717, 1.165) is 25.9 Å². The summed E-state index contributed by atoms with van der Waals surface area (Å²) in [6.45, 7) is 4.95. The Morgan fingerprint density at radius 1 is 1.44 bits per heavy atom. The second-order valence-electron chi connectivity index (χ2n) is 5.51. The van der Waals surface area contributed by atoms with Crippen molar-refractivity contribution in [2.45, 2.75) is 31.9 Å². The van der Waals surface area contributed by atoms with Crippen LogP contribution < -0.4 is 5.32 Å². The number of carbonyl (C=O) groups excluding carboxylic acids is 1. The first-order chi connectivity index (χ1) is 8.61. The number of nitrogens with zero attached hydrogens (tertiary/aromatic N) is 1. The molecule has 2 aliphatic rings. The van der Waals surface area contributed by atoms with Gasteiger partial charge in [0.25, 0.3) is 0 Å². The van der Waals surface area contributed by atoms with E-state index in [9.17, 15) is 4.79 Å². The highest BCUT2D eigenvalue weighted by molar-refractivity contribution is 5.85.